The Balaban J connectivity index is 2.46. The molecule has 0 spiro atoms. The van der Waals surface area contributed by atoms with Crippen LogP contribution in [0.2, 0.25) is 0 Å². The monoisotopic (exact) mass is 424 g/mol. The van der Waals surface area contributed by atoms with E-state index in [1.165, 1.54) is 16.4 Å². The number of nitrogens with zero attached hydrogens (tertiary/aromatic N) is 2. The number of sulfonamides is 1. The lowest BCUT2D eigenvalue weighted by molar-refractivity contribution is -0.153. The molecule has 0 fully saturated rings. The molecule has 0 aromatic heterocycles. The van der Waals surface area contributed by atoms with Crippen molar-refractivity contribution < 1.29 is 26.3 Å². The van der Waals surface area contributed by atoms with E-state index in [-0.39, 0.29) is 18.0 Å². The summed E-state index contributed by atoms with van der Waals surface area (Å²) in [6.07, 6.45) is -4.38. The molecule has 1 aromatic rings. The zero-order chi connectivity index (χ0) is 21.2. The summed E-state index contributed by atoms with van der Waals surface area (Å²) >= 11 is 0. The Bertz CT molecular complexity index is 718. The molecule has 160 valence electrons. The number of alkyl halides is 3. The second kappa shape index (κ2) is 11.1. The first-order chi connectivity index (χ1) is 13.1. The van der Waals surface area contributed by atoms with E-state index in [1.54, 1.807) is 33.0 Å². The average Bonchev–Trinajstić information content (AvgIpc) is 2.63. The molecule has 0 saturated heterocycles. The molecule has 0 amide bonds. The average molecular weight is 424 g/mol. The van der Waals surface area contributed by atoms with Crippen molar-refractivity contribution in [2.75, 3.05) is 39.0 Å². The van der Waals surface area contributed by atoms with E-state index in [4.69, 9.17) is 0 Å². The van der Waals surface area contributed by atoms with Crippen LogP contribution in [0.3, 0.4) is 0 Å². The highest BCUT2D eigenvalue weighted by Gasteiger charge is 2.28. The quantitative estimate of drug-likeness (QED) is 0.443. The summed E-state index contributed by atoms with van der Waals surface area (Å²) in [7, 11) is -1.76. The molecule has 0 saturated carbocycles. The van der Waals surface area contributed by atoms with Gasteiger partial charge in [0.25, 0.3) is 0 Å². The smallest absolute Gasteiger partial charge is 0.422 e. The number of ether oxygens (including phenoxy) is 1. The van der Waals surface area contributed by atoms with Gasteiger partial charge in [0.15, 0.2) is 12.6 Å². The van der Waals surface area contributed by atoms with Crippen molar-refractivity contribution in [2.24, 2.45) is 4.99 Å². The third-order valence-electron chi connectivity index (χ3n) is 3.76. The van der Waals surface area contributed by atoms with Crippen molar-refractivity contribution in [3.05, 3.63) is 29.8 Å². The van der Waals surface area contributed by atoms with Gasteiger partial charge < -0.3 is 15.4 Å². The van der Waals surface area contributed by atoms with Gasteiger partial charge in [-0.2, -0.15) is 13.2 Å². The molecule has 28 heavy (non-hydrogen) atoms. The maximum absolute atomic E-state index is 12.1. The number of hydrogen-bond donors (Lipinski definition) is 2. The topological polar surface area (TPSA) is 83.0 Å². The first-order valence-corrected chi connectivity index (χ1v) is 10.4. The fraction of sp³-hybridized carbons (Fsp3) is 0.588. The van der Waals surface area contributed by atoms with Crippen LogP contribution in [0.5, 0.6) is 5.75 Å². The Morgan fingerprint density at radius 1 is 1.14 bits per heavy atom. The highest BCUT2D eigenvalue weighted by atomic mass is 32.2. The molecule has 11 heteroatoms. The van der Waals surface area contributed by atoms with E-state index in [9.17, 15) is 21.6 Å². The Kier molecular flexibility index (Phi) is 9.53. The largest absolute Gasteiger partial charge is 0.484 e. The fourth-order valence-electron chi connectivity index (χ4n) is 2.32. The third-order valence-corrected chi connectivity index (χ3v) is 5.78. The minimum absolute atomic E-state index is 0.0549. The highest BCUT2D eigenvalue weighted by molar-refractivity contribution is 7.89. The van der Waals surface area contributed by atoms with Gasteiger partial charge in [-0.15, -0.1) is 0 Å². The summed E-state index contributed by atoms with van der Waals surface area (Å²) in [5.41, 5.74) is 0.804. The van der Waals surface area contributed by atoms with Crippen LogP contribution in [0.4, 0.5) is 13.2 Å². The Labute approximate surface area is 164 Å². The minimum atomic E-state index is -4.38. The number of rotatable bonds is 10. The van der Waals surface area contributed by atoms with Gasteiger partial charge in [-0.25, -0.2) is 12.7 Å². The minimum Gasteiger partial charge on any atom is -0.484 e. The van der Waals surface area contributed by atoms with Gasteiger partial charge in [0, 0.05) is 33.2 Å². The van der Waals surface area contributed by atoms with Crippen molar-refractivity contribution >= 4 is 16.0 Å². The summed E-state index contributed by atoms with van der Waals surface area (Å²) < 4.78 is 66.7. The fourth-order valence-corrected chi connectivity index (χ4v) is 3.72. The molecule has 0 atom stereocenters. The van der Waals surface area contributed by atoms with Crippen molar-refractivity contribution in [1.29, 1.82) is 0 Å². The lowest BCUT2D eigenvalue weighted by atomic mass is 10.2. The van der Waals surface area contributed by atoms with E-state index < -0.39 is 22.8 Å². The number of aliphatic imine (C=N–C) groups is 1. The second-order valence-corrected chi connectivity index (χ2v) is 7.89. The van der Waals surface area contributed by atoms with Crippen LogP contribution in [0.1, 0.15) is 19.4 Å². The molecule has 0 radical (unpaired) electrons. The maximum atomic E-state index is 12.1. The van der Waals surface area contributed by atoms with Crippen LogP contribution in [0.25, 0.3) is 0 Å². The predicted octanol–water partition coefficient (Wildman–Crippen LogP) is 1.96. The van der Waals surface area contributed by atoms with Crippen LogP contribution in [0, 0.1) is 0 Å². The predicted molar refractivity (Wildman–Crippen MR) is 103 cm³/mol. The van der Waals surface area contributed by atoms with Crippen LogP contribution in [-0.2, 0) is 16.6 Å². The SMILES string of the molecule is CCN(CC)S(=O)(=O)CCNC(=NC)NCc1ccc(OCC(F)(F)F)cc1. The molecule has 1 aromatic carbocycles. The summed E-state index contributed by atoms with van der Waals surface area (Å²) in [5.74, 6) is 0.498. The van der Waals surface area contributed by atoms with Crippen molar-refractivity contribution in [2.45, 2.75) is 26.6 Å². The van der Waals surface area contributed by atoms with Crippen LogP contribution in [0.15, 0.2) is 29.3 Å². The Morgan fingerprint density at radius 3 is 2.25 bits per heavy atom. The number of halogens is 3. The molecule has 7 nitrogen and oxygen atoms in total. The standard InChI is InChI=1S/C17H27F3N4O3S/c1-4-24(5-2)28(25,26)11-10-22-16(21-3)23-12-14-6-8-15(9-7-14)27-13-17(18,19)20/h6-9H,4-5,10-13H2,1-3H3,(H2,21,22,23). The number of benzene rings is 1. The van der Waals surface area contributed by atoms with Gasteiger partial charge in [0.2, 0.25) is 10.0 Å². The van der Waals surface area contributed by atoms with E-state index in [0.717, 1.165) is 5.56 Å². The molecule has 0 aliphatic heterocycles. The Hall–Kier alpha value is -2.01. The normalized spacial score (nSPS) is 12.9. The number of guanidine groups is 1. The summed E-state index contributed by atoms with van der Waals surface area (Å²) in [6, 6.07) is 6.18. The second-order valence-electron chi connectivity index (χ2n) is 5.80. The summed E-state index contributed by atoms with van der Waals surface area (Å²) in [4.78, 5) is 4.02. The molecule has 0 bridgehead atoms. The van der Waals surface area contributed by atoms with Gasteiger partial charge in [-0.05, 0) is 17.7 Å². The highest BCUT2D eigenvalue weighted by Crippen LogP contribution is 2.18. The maximum Gasteiger partial charge on any atom is 0.422 e. The first-order valence-electron chi connectivity index (χ1n) is 8.82. The van der Waals surface area contributed by atoms with Crippen LogP contribution >= 0.6 is 0 Å². The van der Waals surface area contributed by atoms with E-state index >= 15 is 0 Å². The van der Waals surface area contributed by atoms with Gasteiger partial charge in [-0.1, -0.05) is 26.0 Å². The third kappa shape index (κ3) is 8.79. The summed E-state index contributed by atoms with van der Waals surface area (Å²) in [5, 5.41) is 5.95. The lowest BCUT2D eigenvalue weighted by Gasteiger charge is -2.19. The molecule has 0 aliphatic rings. The molecule has 0 heterocycles. The number of hydrogen-bond acceptors (Lipinski definition) is 4. The zero-order valence-electron chi connectivity index (χ0n) is 16.2. The van der Waals surface area contributed by atoms with E-state index in [2.05, 4.69) is 20.4 Å². The van der Waals surface area contributed by atoms with E-state index in [0.29, 0.717) is 25.6 Å². The molecular formula is C17H27F3N4O3S. The van der Waals surface area contributed by atoms with Gasteiger partial charge in [0.05, 0.1) is 5.75 Å². The lowest BCUT2D eigenvalue weighted by Crippen LogP contribution is -2.41. The molecule has 2 N–H and O–H groups in total. The van der Waals surface area contributed by atoms with Crippen molar-refractivity contribution in [3.63, 3.8) is 0 Å². The van der Waals surface area contributed by atoms with Gasteiger partial charge in [-0.3, -0.25) is 4.99 Å². The number of nitrogens with one attached hydrogen (secondary N) is 2. The summed E-state index contributed by atoms with van der Waals surface area (Å²) in [6.45, 7) is 3.65. The van der Waals surface area contributed by atoms with Crippen LogP contribution < -0.4 is 15.4 Å². The van der Waals surface area contributed by atoms with Crippen molar-refractivity contribution in [3.8, 4) is 5.75 Å². The molecule has 0 unspecified atom stereocenters. The molecule has 0 aliphatic carbocycles. The van der Waals surface area contributed by atoms with Crippen LogP contribution in [-0.4, -0.2) is 63.9 Å². The van der Waals surface area contributed by atoms with Crippen molar-refractivity contribution in [1.82, 2.24) is 14.9 Å². The molecular weight excluding hydrogens is 397 g/mol. The first kappa shape index (κ1) is 24.0. The van der Waals surface area contributed by atoms with Gasteiger partial charge in [0.1, 0.15) is 5.75 Å². The van der Waals surface area contributed by atoms with Gasteiger partial charge >= 0.3 is 6.18 Å². The zero-order valence-corrected chi connectivity index (χ0v) is 17.0. The Morgan fingerprint density at radius 2 is 1.75 bits per heavy atom. The van der Waals surface area contributed by atoms with E-state index in [1.807, 2.05) is 0 Å². The molecule has 1 rings (SSSR count).